The van der Waals surface area contributed by atoms with Crippen LogP contribution in [0.25, 0.3) is 0 Å². The largest absolute Gasteiger partial charge is 0.290 e. The Morgan fingerprint density at radius 1 is 1.22 bits per heavy atom. The second-order valence-corrected chi connectivity index (χ2v) is 8.93. The summed E-state index contributed by atoms with van der Waals surface area (Å²) in [5.74, 6) is 0. The van der Waals surface area contributed by atoms with Crippen LogP contribution in [-0.2, 0) is 12.8 Å². The van der Waals surface area contributed by atoms with E-state index in [-0.39, 0.29) is 4.75 Å². The molecule has 23 heavy (non-hydrogen) atoms. The molecule has 0 unspecified atom stereocenters. The zero-order chi connectivity index (χ0) is 17.2. The highest BCUT2D eigenvalue weighted by atomic mass is 32.2. The van der Waals surface area contributed by atoms with Gasteiger partial charge < -0.3 is 0 Å². The highest BCUT2D eigenvalue weighted by Gasteiger charge is 2.25. The molecule has 1 N–H and O–H groups in total. The van der Waals surface area contributed by atoms with Crippen molar-refractivity contribution in [3.05, 3.63) is 53.8 Å². The van der Waals surface area contributed by atoms with Gasteiger partial charge in [-0.25, -0.2) is 0 Å². The molecule has 0 fully saturated rings. The Morgan fingerprint density at radius 3 is 2.39 bits per heavy atom. The zero-order valence-electron chi connectivity index (χ0n) is 14.8. The van der Waals surface area contributed by atoms with Gasteiger partial charge in [-0.05, 0) is 61.4 Å². The summed E-state index contributed by atoms with van der Waals surface area (Å²) in [6, 6.07) is 4.32. The van der Waals surface area contributed by atoms with Crippen LogP contribution in [0.15, 0.2) is 37.1 Å². The average Bonchev–Trinajstić information content (AvgIpc) is 2.48. The topological polar surface area (TPSA) is 27.1 Å². The van der Waals surface area contributed by atoms with Gasteiger partial charge in [-0.2, -0.15) is 0 Å². The van der Waals surface area contributed by atoms with Gasteiger partial charge >= 0.3 is 0 Å². The lowest BCUT2D eigenvalue weighted by molar-refractivity contribution is 0.682. The van der Waals surface area contributed by atoms with Crippen LogP contribution in [0.1, 0.15) is 50.3 Å². The number of fused-ring (bicyclic) bond motifs is 1. The van der Waals surface area contributed by atoms with E-state index in [2.05, 4.69) is 53.0 Å². The van der Waals surface area contributed by atoms with E-state index in [1.165, 1.54) is 29.5 Å². The number of hydrogen-bond acceptors (Lipinski definition) is 2. The molecule has 0 bridgehead atoms. The van der Waals surface area contributed by atoms with Gasteiger partial charge in [0.25, 0.3) is 0 Å². The van der Waals surface area contributed by atoms with Crippen molar-refractivity contribution in [3.63, 3.8) is 0 Å². The molecule has 0 aromatic heterocycles. The summed E-state index contributed by atoms with van der Waals surface area (Å²) in [7, 11) is 0. The van der Waals surface area contributed by atoms with E-state index in [9.17, 15) is 0 Å². The van der Waals surface area contributed by atoms with Crippen molar-refractivity contribution >= 4 is 22.6 Å². The van der Waals surface area contributed by atoms with Crippen LogP contribution in [0.3, 0.4) is 0 Å². The summed E-state index contributed by atoms with van der Waals surface area (Å²) in [6.07, 6.45) is 6.45. The van der Waals surface area contributed by atoms with Crippen molar-refractivity contribution in [2.45, 2.75) is 58.1 Å². The normalized spacial score (nSPS) is 14.1. The Morgan fingerprint density at radius 2 is 1.83 bits per heavy atom. The SMILES string of the molecule is C=CC(=C)N(C(=N)SC(C)(C)C)c1ccc(C)c2c1CCCC2. The van der Waals surface area contributed by atoms with E-state index in [1.54, 1.807) is 17.8 Å². The molecule has 0 atom stereocenters. The van der Waals surface area contributed by atoms with Crippen molar-refractivity contribution in [2.75, 3.05) is 4.90 Å². The van der Waals surface area contributed by atoms with Gasteiger partial charge in [0.05, 0.1) is 5.69 Å². The molecule has 0 spiro atoms. The first-order valence-electron chi connectivity index (χ1n) is 8.25. The van der Waals surface area contributed by atoms with Crippen molar-refractivity contribution in [3.8, 4) is 0 Å². The van der Waals surface area contributed by atoms with Gasteiger partial charge in [0, 0.05) is 10.4 Å². The molecule has 0 radical (unpaired) electrons. The molecule has 0 heterocycles. The zero-order valence-corrected chi connectivity index (χ0v) is 15.6. The first-order valence-corrected chi connectivity index (χ1v) is 9.06. The van der Waals surface area contributed by atoms with Crippen LogP contribution in [0.5, 0.6) is 0 Å². The highest BCUT2D eigenvalue weighted by Crippen LogP contribution is 2.37. The number of benzene rings is 1. The van der Waals surface area contributed by atoms with Gasteiger partial charge in [0.15, 0.2) is 5.17 Å². The molecule has 1 aromatic carbocycles. The highest BCUT2D eigenvalue weighted by molar-refractivity contribution is 8.15. The second kappa shape index (κ2) is 6.96. The predicted octanol–water partition coefficient (Wildman–Crippen LogP) is 5.85. The minimum absolute atomic E-state index is 0.0124. The Bertz CT molecular complexity index is 638. The van der Waals surface area contributed by atoms with E-state index in [1.807, 2.05) is 4.90 Å². The fraction of sp³-hybridized carbons (Fsp3) is 0.450. The lowest BCUT2D eigenvalue weighted by atomic mass is 9.87. The van der Waals surface area contributed by atoms with Gasteiger partial charge in [-0.1, -0.05) is 51.8 Å². The van der Waals surface area contributed by atoms with Crippen LogP contribution in [0.2, 0.25) is 0 Å². The van der Waals surface area contributed by atoms with Gasteiger partial charge in [-0.3, -0.25) is 10.3 Å². The molecule has 0 amide bonds. The van der Waals surface area contributed by atoms with E-state index < -0.39 is 0 Å². The molecule has 0 saturated heterocycles. The number of nitrogens with one attached hydrogen (secondary N) is 1. The summed E-state index contributed by atoms with van der Waals surface area (Å²) in [5.41, 5.74) is 6.09. The number of amidine groups is 1. The van der Waals surface area contributed by atoms with E-state index in [0.717, 1.165) is 24.2 Å². The summed E-state index contributed by atoms with van der Waals surface area (Å²) in [6.45, 7) is 16.6. The van der Waals surface area contributed by atoms with E-state index in [0.29, 0.717) is 5.17 Å². The number of rotatable bonds is 3. The smallest absolute Gasteiger partial charge is 0.166 e. The third-order valence-corrected chi connectivity index (χ3v) is 5.10. The van der Waals surface area contributed by atoms with Crippen molar-refractivity contribution in [2.24, 2.45) is 0 Å². The maximum Gasteiger partial charge on any atom is 0.166 e. The average molecular weight is 329 g/mol. The molecule has 2 nitrogen and oxygen atoms in total. The molecule has 0 aliphatic heterocycles. The lowest BCUT2D eigenvalue weighted by Gasteiger charge is -2.32. The molecular weight excluding hydrogens is 300 g/mol. The van der Waals surface area contributed by atoms with Crippen LogP contribution in [0.4, 0.5) is 5.69 Å². The van der Waals surface area contributed by atoms with Crippen LogP contribution >= 0.6 is 11.8 Å². The fourth-order valence-electron chi connectivity index (χ4n) is 3.06. The second-order valence-electron chi connectivity index (χ2n) is 7.12. The summed E-state index contributed by atoms with van der Waals surface area (Å²) in [5, 5.41) is 9.14. The van der Waals surface area contributed by atoms with E-state index in [4.69, 9.17) is 5.41 Å². The summed E-state index contributed by atoms with van der Waals surface area (Å²) < 4.78 is -0.0124. The Kier molecular flexibility index (Phi) is 5.41. The third-order valence-electron chi connectivity index (χ3n) is 4.11. The minimum Gasteiger partial charge on any atom is -0.290 e. The Hall–Kier alpha value is -1.48. The Balaban J connectivity index is 2.50. The van der Waals surface area contributed by atoms with Crippen molar-refractivity contribution in [1.82, 2.24) is 0 Å². The Labute approximate surface area is 145 Å². The fourth-order valence-corrected chi connectivity index (χ4v) is 3.95. The molecule has 3 heteroatoms. The number of nitrogens with zero attached hydrogens (tertiary/aromatic N) is 1. The maximum absolute atomic E-state index is 8.62. The maximum atomic E-state index is 8.62. The number of anilines is 1. The molecular formula is C20H28N2S. The summed E-state index contributed by atoms with van der Waals surface area (Å²) in [4.78, 5) is 1.96. The molecule has 1 aliphatic rings. The number of allylic oxidation sites excluding steroid dienone is 1. The number of aryl methyl sites for hydroxylation is 1. The van der Waals surface area contributed by atoms with Crippen molar-refractivity contribution < 1.29 is 0 Å². The number of thioether (sulfide) groups is 1. The van der Waals surface area contributed by atoms with Crippen LogP contribution < -0.4 is 4.90 Å². The first kappa shape index (κ1) is 17.9. The molecule has 124 valence electrons. The quantitative estimate of drug-likeness (QED) is 0.428. The molecule has 1 aliphatic carbocycles. The standard InChI is InChI=1S/C20H28N2S/c1-7-15(3)22(19(21)23-20(4,5)6)18-13-12-14(2)16-10-8-9-11-17(16)18/h7,12-13,21H,1,3,8-11H2,2,4-6H3. The molecule has 1 aromatic rings. The van der Waals surface area contributed by atoms with Crippen LogP contribution in [0, 0.1) is 12.3 Å². The van der Waals surface area contributed by atoms with Crippen molar-refractivity contribution in [1.29, 1.82) is 5.41 Å². The van der Waals surface area contributed by atoms with Crippen LogP contribution in [-0.4, -0.2) is 9.91 Å². The predicted molar refractivity (Wildman–Crippen MR) is 105 cm³/mol. The third kappa shape index (κ3) is 4.08. The van der Waals surface area contributed by atoms with Gasteiger partial charge in [-0.15, -0.1) is 0 Å². The van der Waals surface area contributed by atoms with Gasteiger partial charge in [0.1, 0.15) is 0 Å². The monoisotopic (exact) mass is 328 g/mol. The first-order chi connectivity index (χ1) is 10.7. The molecule has 0 saturated carbocycles. The number of hydrogen-bond donors (Lipinski definition) is 1. The minimum atomic E-state index is -0.0124. The van der Waals surface area contributed by atoms with Gasteiger partial charge in [0.2, 0.25) is 0 Å². The van der Waals surface area contributed by atoms with E-state index >= 15 is 0 Å². The molecule has 2 rings (SSSR count). The summed E-state index contributed by atoms with van der Waals surface area (Å²) >= 11 is 1.56. The lowest BCUT2D eigenvalue weighted by Crippen LogP contribution is -2.30.